The molecule has 1 aliphatic heterocycles. The van der Waals surface area contributed by atoms with Gasteiger partial charge in [-0.15, -0.1) is 0 Å². The van der Waals surface area contributed by atoms with Gasteiger partial charge in [-0.3, -0.25) is 0 Å². The minimum Gasteiger partial charge on any atom is -0.494 e. The van der Waals surface area contributed by atoms with Crippen molar-refractivity contribution in [3.63, 3.8) is 0 Å². The number of likely N-dealkylation sites (tertiary alicyclic amines) is 1. The van der Waals surface area contributed by atoms with Crippen molar-refractivity contribution in [2.45, 2.75) is 32.2 Å². The molecule has 4 heteroatoms. The average molecular weight is 277 g/mol. The number of methoxy groups -OCH3 is 1. The summed E-state index contributed by atoms with van der Waals surface area (Å²) in [5.74, 6) is 0.478. The van der Waals surface area contributed by atoms with Gasteiger partial charge in [-0.1, -0.05) is 0 Å². The number of hydrogen-bond donors (Lipinski definition) is 0. The zero-order chi connectivity index (χ0) is 14.4. The molecule has 1 aliphatic rings. The Bertz CT molecular complexity index is 430. The van der Waals surface area contributed by atoms with Crippen LogP contribution in [0.1, 0.15) is 36.5 Å². The Balaban J connectivity index is 1.70. The van der Waals surface area contributed by atoms with Gasteiger partial charge in [0.05, 0.1) is 19.3 Å². The van der Waals surface area contributed by atoms with Gasteiger partial charge in [0.1, 0.15) is 5.75 Å². The third-order valence-electron chi connectivity index (χ3n) is 3.82. The lowest BCUT2D eigenvalue weighted by Crippen LogP contribution is -2.28. The summed E-state index contributed by atoms with van der Waals surface area (Å²) in [6, 6.07) is 7.79. The number of ether oxygens (including phenoxy) is 2. The Morgan fingerprint density at radius 2 is 2.10 bits per heavy atom. The van der Waals surface area contributed by atoms with E-state index in [1.54, 1.807) is 12.1 Å². The summed E-state index contributed by atoms with van der Waals surface area (Å²) in [5.41, 5.74) is 0.547. The van der Waals surface area contributed by atoms with Crippen molar-refractivity contribution in [3.05, 3.63) is 29.8 Å². The first kappa shape index (κ1) is 14.9. The molecule has 1 saturated heterocycles. The molecule has 2 rings (SSSR count). The highest BCUT2D eigenvalue weighted by atomic mass is 16.5. The summed E-state index contributed by atoms with van der Waals surface area (Å²) >= 11 is 0. The lowest BCUT2D eigenvalue weighted by molar-refractivity contribution is 0.0600. The van der Waals surface area contributed by atoms with Gasteiger partial charge in [0.25, 0.3) is 0 Å². The van der Waals surface area contributed by atoms with Crippen LogP contribution in [0.25, 0.3) is 0 Å². The van der Waals surface area contributed by atoms with Crippen LogP contribution in [0.5, 0.6) is 5.75 Å². The van der Waals surface area contributed by atoms with E-state index in [0.717, 1.165) is 18.7 Å². The maximum absolute atomic E-state index is 11.3. The molecular weight excluding hydrogens is 254 g/mol. The van der Waals surface area contributed by atoms with Crippen LogP contribution < -0.4 is 4.74 Å². The quantitative estimate of drug-likeness (QED) is 0.592. The van der Waals surface area contributed by atoms with Crippen molar-refractivity contribution in [2.75, 3.05) is 26.8 Å². The second kappa shape index (κ2) is 7.29. The van der Waals surface area contributed by atoms with Gasteiger partial charge >= 0.3 is 5.97 Å². The van der Waals surface area contributed by atoms with E-state index < -0.39 is 0 Å². The Morgan fingerprint density at radius 1 is 1.35 bits per heavy atom. The maximum atomic E-state index is 11.3. The van der Waals surface area contributed by atoms with Crippen molar-refractivity contribution in [3.8, 4) is 5.75 Å². The van der Waals surface area contributed by atoms with Crippen molar-refractivity contribution >= 4 is 5.97 Å². The van der Waals surface area contributed by atoms with Crippen LogP contribution in [-0.2, 0) is 4.74 Å². The molecule has 0 amide bonds. The van der Waals surface area contributed by atoms with Gasteiger partial charge in [-0.05, 0) is 57.0 Å². The fraction of sp³-hybridized carbons (Fsp3) is 0.562. The van der Waals surface area contributed by atoms with E-state index in [2.05, 4.69) is 16.6 Å². The minimum absolute atomic E-state index is 0.320. The van der Waals surface area contributed by atoms with E-state index in [4.69, 9.17) is 4.74 Å². The predicted molar refractivity (Wildman–Crippen MR) is 78.2 cm³/mol. The van der Waals surface area contributed by atoms with Crippen LogP contribution >= 0.6 is 0 Å². The summed E-state index contributed by atoms with van der Waals surface area (Å²) in [7, 11) is 1.38. The molecule has 1 unspecified atom stereocenters. The number of hydrogen-bond acceptors (Lipinski definition) is 4. The summed E-state index contributed by atoms with van der Waals surface area (Å²) in [6.07, 6.45) is 3.66. The summed E-state index contributed by atoms with van der Waals surface area (Å²) < 4.78 is 10.3. The zero-order valence-electron chi connectivity index (χ0n) is 12.3. The molecule has 1 fully saturated rings. The highest BCUT2D eigenvalue weighted by molar-refractivity contribution is 5.89. The SMILES string of the molecule is COC(=O)c1ccc(OCCCN2CCCC2C)cc1. The molecule has 0 aromatic heterocycles. The zero-order valence-corrected chi connectivity index (χ0v) is 12.3. The Labute approximate surface area is 120 Å². The Kier molecular flexibility index (Phi) is 5.41. The average Bonchev–Trinajstić information content (AvgIpc) is 2.89. The maximum Gasteiger partial charge on any atom is 0.337 e. The first-order valence-electron chi connectivity index (χ1n) is 7.26. The first-order valence-corrected chi connectivity index (χ1v) is 7.26. The second-order valence-electron chi connectivity index (χ2n) is 5.25. The molecule has 0 spiro atoms. The van der Waals surface area contributed by atoms with Crippen LogP contribution in [0.3, 0.4) is 0 Å². The topological polar surface area (TPSA) is 38.8 Å². The van der Waals surface area contributed by atoms with Gasteiger partial charge in [0.2, 0.25) is 0 Å². The van der Waals surface area contributed by atoms with E-state index in [1.807, 2.05) is 12.1 Å². The number of nitrogens with zero attached hydrogens (tertiary/aromatic N) is 1. The van der Waals surface area contributed by atoms with Crippen molar-refractivity contribution in [2.24, 2.45) is 0 Å². The fourth-order valence-electron chi connectivity index (χ4n) is 2.59. The molecule has 0 radical (unpaired) electrons. The third-order valence-corrected chi connectivity index (χ3v) is 3.82. The molecule has 0 saturated carbocycles. The van der Waals surface area contributed by atoms with Crippen molar-refractivity contribution in [1.82, 2.24) is 4.90 Å². The van der Waals surface area contributed by atoms with E-state index >= 15 is 0 Å². The number of benzene rings is 1. The van der Waals surface area contributed by atoms with E-state index in [0.29, 0.717) is 18.2 Å². The van der Waals surface area contributed by atoms with Crippen molar-refractivity contribution < 1.29 is 14.3 Å². The normalized spacial score (nSPS) is 19.0. The standard InChI is InChI=1S/C16H23NO3/c1-13-5-3-10-17(13)11-4-12-20-15-8-6-14(7-9-15)16(18)19-2/h6-9,13H,3-5,10-12H2,1-2H3. The van der Waals surface area contributed by atoms with Gasteiger partial charge < -0.3 is 14.4 Å². The van der Waals surface area contributed by atoms with Crippen LogP contribution in [0.4, 0.5) is 0 Å². The number of esters is 1. The fourth-order valence-corrected chi connectivity index (χ4v) is 2.59. The molecule has 1 aromatic carbocycles. The van der Waals surface area contributed by atoms with Crippen LogP contribution in [0, 0.1) is 0 Å². The minimum atomic E-state index is -0.320. The summed E-state index contributed by atoms with van der Waals surface area (Å²) in [4.78, 5) is 13.8. The summed E-state index contributed by atoms with van der Waals surface area (Å²) in [6.45, 7) is 5.32. The molecule has 20 heavy (non-hydrogen) atoms. The predicted octanol–water partition coefficient (Wildman–Crippen LogP) is 2.73. The van der Waals surface area contributed by atoms with Gasteiger partial charge in [-0.2, -0.15) is 0 Å². The Morgan fingerprint density at radius 3 is 2.70 bits per heavy atom. The van der Waals surface area contributed by atoms with Crippen molar-refractivity contribution in [1.29, 1.82) is 0 Å². The van der Waals surface area contributed by atoms with Crippen LogP contribution in [-0.4, -0.2) is 43.7 Å². The van der Waals surface area contributed by atoms with E-state index in [9.17, 15) is 4.79 Å². The molecular formula is C16H23NO3. The van der Waals surface area contributed by atoms with E-state index in [-0.39, 0.29) is 5.97 Å². The molecule has 0 aliphatic carbocycles. The molecule has 1 aromatic rings. The number of rotatable bonds is 6. The second-order valence-corrected chi connectivity index (χ2v) is 5.25. The lowest BCUT2D eigenvalue weighted by atomic mass is 10.2. The van der Waals surface area contributed by atoms with Gasteiger partial charge in [0.15, 0.2) is 0 Å². The molecule has 4 nitrogen and oxygen atoms in total. The first-order chi connectivity index (χ1) is 9.70. The smallest absolute Gasteiger partial charge is 0.337 e. The highest BCUT2D eigenvalue weighted by Gasteiger charge is 2.18. The third kappa shape index (κ3) is 3.97. The van der Waals surface area contributed by atoms with Crippen LogP contribution in [0.2, 0.25) is 0 Å². The highest BCUT2D eigenvalue weighted by Crippen LogP contribution is 2.17. The Hall–Kier alpha value is -1.55. The molecule has 0 bridgehead atoms. The lowest BCUT2D eigenvalue weighted by Gasteiger charge is -2.20. The number of carbonyl (C=O) groups excluding carboxylic acids is 1. The van der Waals surface area contributed by atoms with Gasteiger partial charge in [-0.25, -0.2) is 4.79 Å². The van der Waals surface area contributed by atoms with Gasteiger partial charge in [0, 0.05) is 12.6 Å². The molecule has 0 N–H and O–H groups in total. The molecule has 1 heterocycles. The molecule has 110 valence electrons. The van der Waals surface area contributed by atoms with Crippen LogP contribution in [0.15, 0.2) is 24.3 Å². The number of carbonyl (C=O) groups is 1. The largest absolute Gasteiger partial charge is 0.494 e. The van der Waals surface area contributed by atoms with E-state index in [1.165, 1.54) is 26.5 Å². The summed E-state index contributed by atoms with van der Waals surface area (Å²) in [5, 5.41) is 0. The molecule has 1 atom stereocenters. The monoisotopic (exact) mass is 277 g/mol.